The molecule has 38 heteroatoms. The molecule has 4 aromatic heterocycles. The molecule has 8 aromatic rings. The van der Waals surface area contributed by atoms with Gasteiger partial charge in [0.15, 0.2) is 0 Å². The molecule has 12 amide bonds. The number of carbonyl (C=O) groups is 14. The SMILES string of the molecule is C[C@@H](O)[C@H](NC(=O)[C@H](Cc1c[nH]c2ccccc12)NC(=O)[C@H](CCCCN)NC(=O)CNC(=O)[C@H](CC(N)=O)NC(=O)[C@H](CCC(=O)O)NC(=O)[C@H](Cc1c[nH]c2ccccc12)NC(=O)[C@@H](NC(=O)[C@H](Cc1c[nH]c2ccccc12)NC(=O)[C@@H](N)CO)[C@@H](C)O)C(=O)N[C@@H](Cc1c[nH]c2ccccc12)C(=O)N[C@@H](CCCCN)C(=O)O. The normalized spacial score (nSPS) is 14.8. The Labute approximate surface area is 664 Å². The lowest BCUT2D eigenvalue weighted by Gasteiger charge is -2.28. The molecule has 8 rings (SSSR count). The quantitative estimate of drug-likeness (QED) is 0.0169. The Hall–Kier alpha value is -12.6. The van der Waals surface area contributed by atoms with Crippen LogP contribution in [0.3, 0.4) is 0 Å². The fraction of sp³-hybridized carbons (Fsp3) is 0.410. The van der Waals surface area contributed by atoms with E-state index in [1.807, 2.05) is 0 Å². The summed E-state index contributed by atoms with van der Waals surface area (Å²) in [5, 5.41) is 81.7. The molecule has 4 heterocycles. The molecular formula is C78H101N19O19. The summed E-state index contributed by atoms with van der Waals surface area (Å²) in [5.41, 5.74) is 27.4. The van der Waals surface area contributed by atoms with Crippen LogP contribution in [0.5, 0.6) is 0 Å². The van der Waals surface area contributed by atoms with Crippen LogP contribution in [0.25, 0.3) is 43.6 Å². The van der Waals surface area contributed by atoms with Gasteiger partial charge >= 0.3 is 11.9 Å². The number of nitrogens with two attached hydrogens (primary N) is 4. The second-order valence-corrected chi connectivity index (χ2v) is 28.3. The molecule has 0 radical (unpaired) electrons. The summed E-state index contributed by atoms with van der Waals surface area (Å²) in [6, 6.07) is 9.61. The van der Waals surface area contributed by atoms with Crippen molar-refractivity contribution in [3.63, 3.8) is 0 Å². The number of aromatic amines is 4. The molecule has 0 unspecified atom stereocenters. The van der Waals surface area contributed by atoms with Crippen molar-refractivity contribution < 1.29 is 92.7 Å². The van der Waals surface area contributed by atoms with Crippen LogP contribution in [0.1, 0.15) is 93.9 Å². The molecule has 13 atom stereocenters. The maximum absolute atomic E-state index is 14.8. The average molecular weight is 1610 g/mol. The number of benzene rings is 4. The van der Waals surface area contributed by atoms with Crippen LogP contribution in [0.15, 0.2) is 122 Å². The third-order valence-electron chi connectivity index (χ3n) is 19.5. The molecule has 622 valence electrons. The minimum Gasteiger partial charge on any atom is -0.481 e. The van der Waals surface area contributed by atoms with Crippen molar-refractivity contribution in [2.24, 2.45) is 22.9 Å². The van der Waals surface area contributed by atoms with Crippen molar-refractivity contribution in [1.29, 1.82) is 0 Å². The number of carbonyl (C=O) groups excluding carboxylic acids is 12. The Morgan fingerprint density at radius 2 is 0.707 bits per heavy atom. The molecular weight excluding hydrogens is 1510 g/mol. The van der Waals surface area contributed by atoms with E-state index in [0.29, 0.717) is 85.1 Å². The van der Waals surface area contributed by atoms with Gasteiger partial charge in [0.25, 0.3) is 0 Å². The van der Waals surface area contributed by atoms with Crippen LogP contribution in [0, 0.1) is 0 Å². The van der Waals surface area contributed by atoms with Gasteiger partial charge < -0.3 is 127 Å². The zero-order chi connectivity index (χ0) is 84.3. The highest BCUT2D eigenvalue weighted by Crippen LogP contribution is 2.25. The number of unbranched alkanes of at least 4 members (excludes halogenated alkanes) is 2. The van der Waals surface area contributed by atoms with E-state index >= 15 is 0 Å². The highest BCUT2D eigenvalue weighted by Gasteiger charge is 2.39. The van der Waals surface area contributed by atoms with E-state index in [1.165, 1.54) is 13.1 Å². The number of para-hydroxylation sites is 4. The molecule has 116 heavy (non-hydrogen) atoms. The summed E-state index contributed by atoms with van der Waals surface area (Å²) < 4.78 is 0. The van der Waals surface area contributed by atoms with Crippen molar-refractivity contribution in [2.45, 2.75) is 176 Å². The van der Waals surface area contributed by atoms with E-state index in [9.17, 15) is 92.7 Å². The lowest BCUT2D eigenvalue weighted by Crippen LogP contribution is -2.62. The van der Waals surface area contributed by atoms with Gasteiger partial charge in [0.05, 0.1) is 31.8 Å². The number of hydrogen-bond acceptors (Lipinski definition) is 20. The van der Waals surface area contributed by atoms with Gasteiger partial charge in [0.2, 0.25) is 70.9 Å². The summed E-state index contributed by atoms with van der Waals surface area (Å²) >= 11 is 0. The number of aliphatic carboxylic acids is 2. The lowest BCUT2D eigenvalue weighted by atomic mass is 10.0. The molecule has 0 bridgehead atoms. The van der Waals surface area contributed by atoms with Crippen LogP contribution < -0.4 is 81.4 Å². The standard InChI is InChI=1S/C78H101N19O19/c1-40(99)66(96-74(111)60(91-68(105)50(81)39-98)31-44-36-85-53-21-9-5-17-48(44)53)76(113)94-58(29-42-34-83-51-19-7-3-15-46(42)51)72(109)89-56(25-26-65(103)104)71(108)93-62(33-63(82)101)69(106)87-38-64(102)88-55(23-11-13-27-79)70(107)92-61(32-45-37-86-54-22-10-6-18-49(45)54)75(112)97-67(41(2)100)77(114)95-59(30-43-35-84-52-20-8-4-16-47(43)52)73(110)90-57(78(115)116)24-12-14-28-80/h3-10,15-22,34-37,40-41,50,55-62,66-67,83-86,98-100H,11-14,23-33,38-39,79-81H2,1-2H3,(H2,82,101)(H,87,106)(H,88,102)(H,89,109)(H,90,110)(H,91,105)(H,92,107)(H,93,108)(H,94,113)(H,95,114)(H,96,111)(H,97,112)(H,103,104)(H,115,116)/t40-,41-,50+,55+,56+,57+,58+,59+,60+,61+,62+,66+,67+/m1/s1. The predicted octanol–water partition coefficient (Wildman–Crippen LogP) is -2.99. The van der Waals surface area contributed by atoms with Crippen LogP contribution in [0.2, 0.25) is 0 Å². The van der Waals surface area contributed by atoms with Gasteiger partial charge in [-0.1, -0.05) is 72.8 Å². The number of nitrogens with one attached hydrogen (secondary N) is 15. The van der Waals surface area contributed by atoms with Crippen molar-refractivity contribution in [3.05, 3.63) is 144 Å². The molecule has 28 N–H and O–H groups in total. The van der Waals surface area contributed by atoms with E-state index < -0.39 is 194 Å². The first-order chi connectivity index (χ1) is 55.5. The number of aromatic nitrogens is 4. The van der Waals surface area contributed by atoms with Gasteiger partial charge in [-0.3, -0.25) is 62.3 Å². The summed E-state index contributed by atoms with van der Waals surface area (Å²) in [6.45, 7) is 0.966. The van der Waals surface area contributed by atoms with E-state index in [1.54, 1.807) is 116 Å². The number of primary amides is 1. The van der Waals surface area contributed by atoms with Gasteiger partial charge in [0, 0.05) is 101 Å². The van der Waals surface area contributed by atoms with Crippen molar-refractivity contribution in [2.75, 3.05) is 26.2 Å². The first-order valence-corrected chi connectivity index (χ1v) is 37.8. The van der Waals surface area contributed by atoms with E-state index in [0.717, 1.165) is 6.92 Å². The summed E-state index contributed by atoms with van der Waals surface area (Å²) in [7, 11) is 0. The summed E-state index contributed by atoms with van der Waals surface area (Å²) in [5.74, 6) is -15.8. The average Bonchev–Trinajstić information content (AvgIpc) is 1.68. The third kappa shape index (κ3) is 25.2. The first kappa shape index (κ1) is 88.9. The second kappa shape index (κ2) is 43.0. The largest absolute Gasteiger partial charge is 0.481 e. The molecule has 0 spiro atoms. The number of carboxylic acids is 2. The fourth-order valence-corrected chi connectivity index (χ4v) is 13.2. The van der Waals surface area contributed by atoms with Crippen LogP contribution in [0.4, 0.5) is 0 Å². The number of rotatable bonds is 47. The summed E-state index contributed by atoms with van der Waals surface area (Å²) in [6.07, 6.45) is 0.583. The minimum absolute atomic E-state index is 0.00419. The smallest absolute Gasteiger partial charge is 0.326 e. The Balaban J connectivity index is 0.982. The van der Waals surface area contributed by atoms with Crippen molar-refractivity contribution in [3.8, 4) is 0 Å². The number of fused-ring (bicyclic) bond motifs is 4. The zero-order valence-corrected chi connectivity index (χ0v) is 63.8. The Kier molecular flexibility index (Phi) is 33.0. The zero-order valence-electron chi connectivity index (χ0n) is 63.8. The highest BCUT2D eigenvalue weighted by atomic mass is 16.4. The van der Waals surface area contributed by atoms with Gasteiger partial charge in [-0.25, -0.2) is 4.79 Å². The topological polar surface area (TPSA) is 640 Å². The van der Waals surface area contributed by atoms with E-state index in [-0.39, 0.29) is 58.0 Å². The number of aliphatic hydroxyl groups is 3. The third-order valence-corrected chi connectivity index (χ3v) is 19.5. The maximum Gasteiger partial charge on any atom is 0.326 e. The first-order valence-electron chi connectivity index (χ1n) is 37.8. The number of H-pyrrole nitrogens is 4. The molecule has 4 aromatic carbocycles. The van der Waals surface area contributed by atoms with Gasteiger partial charge in [-0.2, -0.15) is 0 Å². The Morgan fingerprint density at radius 3 is 1.06 bits per heavy atom. The minimum atomic E-state index is -1.96. The molecule has 38 nitrogen and oxygen atoms in total. The van der Waals surface area contributed by atoms with E-state index in [4.69, 9.17) is 22.9 Å². The molecule has 0 fully saturated rings. The molecule has 0 saturated carbocycles. The molecule has 0 aliphatic heterocycles. The molecule has 0 saturated heterocycles. The molecule has 0 aliphatic rings. The van der Waals surface area contributed by atoms with Crippen LogP contribution >= 0.6 is 0 Å². The number of carboxylic acid groups (broad SMARTS) is 2. The number of hydrogen-bond donors (Lipinski definition) is 24. The Bertz CT molecular complexity index is 4800. The van der Waals surface area contributed by atoms with Crippen LogP contribution in [-0.2, 0) is 92.8 Å². The van der Waals surface area contributed by atoms with Crippen molar-refractivity contribution >= 4 is 126 Å². The van der Waals surface area contributed by atoms with Gasteiger partial charge in [0.1, 0.15) is 66.5 Å². The predicted molar refractivity (Wildman–Crippen MR) is 423 cm³/mol. The molecule has 0 aliphatic carbocycles. The lowest BCUT2D eigenvalue weighted by molar-refractivity contribution is -0.142. The summed E-state index contributed by atoms with van der Waals surface area (Å²) in [4.78, 5) is 207. The number of amides is 12. The monoisotopic (exact) mass is 1610 g/mol. The van der Waals surface area contributed by atoms with Crippen LogP contribution in [-0.4, -0.2) is 233 Å². The maximum atomic E-state index is 14.8. The second-order valence-electron chi connectivity index (χ2n) is 28.3. The van der Waals surface area contributed by atoms with Gasteiger partial charge in [-0.15, -0.1) is 0 Å². The van der Waals surface area contributed by atoms with Crippen molar-refractivity contribution in [1.82, 2.24) is 78.4 Å². The highest BCUT2D eigenvalue weighted by molar-refractivity contribution is 6.01. The van der Waals surface area contributed by atoms with Gasteiger partial charge in [-0.05, 0) is 118 Å². The Morgan fingerprint density at radius 1 is 0.388 bits per heavy atom. The fourth-order valence-electron chi connectivity index (χ4n) is 13.2. The van der Waals surface area contributed by atoms with E-state index in [2.05, 4.69) is 78.4 Å². The number of aliphatic hydroxyl groups excluding tert-OH is 3.